The molecule has 0 heterocycles. The van der Waals surface area contributed by atoms with E-state index in [1.807, 2.05) is 6.92 Å². The van der Waals surface area contributed by atoms with Gasteiger partial charge in [0.2, 0.25) is 0 Å². The highest BCUT2D eigenvalue weighted by molar-refractivity contribution is 7.86. The van der Waals surface area contributed by atoms with Crippen LogP contribution in [0.4, 0.5) is 0 Å². The normalized spacial score (nSPS) is 16.4. The van der Waals surface area contributed by atoms with Crippen molar-refractivity contribution in [1.82, 2.24) is 0 Å². The molecule has 0 bridgehead atoms. The number of hydrogen-bond acceptors (Lipinski definition) is 4. The standard InChI is InChI=1S/C23H42O4SSi/c1-10-18(3)16-20(22(11-2)27-29(8,9)23(5,6)7)17-26-28(24,25)21-14-12-19(4)13-15-21/h12-15,18,20,22H,10-11,16-17H2,1-9H3/t18-,20-,22+/m0/s1. The SMILES string of the molecule is CC[C@H](C)C[C@@H](COS(=O)(=O)c1ccc(C)cc1)[C@@H](CC)O[Si](C)(C)C(C)(C)C. The van der Waals surface area contributed by atoms with Crippen molar-refractivity contribution >= 4 is 18.4 Å². The molecule has 0 aromatic heterocycles. The molecule has 0 radical (unpaired) electrons. The first-order chi connectivity index (χ1) is 13.2. The fourth-order valence-electron chi connectivity index (χ4n) is 3.03. The van der Waals surface area contributed by atoms with Gasteiger partial charge in [-0.3, -0.25) is 4.18 Å². The highest BCUT2D eigenvalue weighted by Gasteiger charge is 2.40. The van der Waals surface area contributed by atoms with Crippen molar-refractivity contribution in [3.8, 4) is 0 Å². The lowest BCUT2D eigenvalue weighted by Gasteiger charge is -2.41. The minimum atomic E-state index is -3.77. The average molecular weight is 443 g/mol. The Bertz CT molecular complexity index is 720. The summed E-state index contributed by atoms with van der Waals surface area (Å²) in [5.41, 5.74) is 1.02. The van der Waals surface area contributed by atoms with E-state index in [1.165, 1.54) is 0 Å². The molecule has 1 rings (SSSR count). The first-order valence-corrected chi connectivity index (χ1v) is 15.2. The van der Waals surface area contributed by atoms with Crippen molar-refractivity contribution in [2.75, 3.05) is 6.61 Å². The lowest BCUT2D eigenvalue weighted by atomic mass is 9.89. The predicted molar refractivity (Wildman–Crippen MR) is 124 cm³/mol. The Labute approximate surface area is 180 Å². The third-order valence-corrected chi connectivity index (χ3v) is 12.1. The summed E-state index contributed by atoms with van der Waals surface area (Å²) in [6.45, 7) is 19.8. The maximum atomic E-state index is 12.7. The van der Waals surface area contributed by atoms with E-state index in [0.29, 0.717) is 5.92 Å². The second-order valence-electron chi connectivity index (χ2n) is 9.89. The van der Waals surface area contributed by atoms with E-state index in [1.54, 1.807) is 24.3 Å². The van der Waals surface area contributed by atoms with Crippen molar-refractivity contribution in [2.24, 2.45) is 11.8 Å². The summed E-state index contributed by atoms with van der Waals surface area (Å²) < 4.78 is 37.7. The fraction of sp³-hybridized carbons (Fsp3) is 0.739. The molecule has 0 saturated carbocycles. The molecule has 0 aliphatic carbocycles. The average Bonchev–Trinajstić information content (AvgIpc) is 2.62. The van der Waals surface area contributed by atoms with Gasteiger partial charge in [-0.1, -0.05) is 65.7 Å². The zero-order valence-electron chi connectivity index (χ0n) is 19.9. The predicted octanol–water partition coefficient (Wildman–Crippen LogP) is 6.55. The van der Waals surface area contributed by atoms with E-state index in [4.69, 9.17) is 8.61 Å². The Morgan fingerprint density at radius 2 is 1.59 bits per heavy atom. The molecule has 0 aliphatic rings. The summed E-state index contributed by atoms with van der Waals surface area (Å²) >= 11 is 0. The van der Waals surface area contributed by atoms with Crippen LogP contribution in [-0.4, -0.2) is 29.4 Å². The van der Waals surface area contributed by atoms with Crippen LogP contribution in [0.1, 0.15) is 66.4 Å². The lowest BCUT2D eigenvalue weighted by molar-refractivity contribution is 0.0679. The van der Waals surface area contributed by atoms with Crippen LogP contribution in [-0.2, 0) is 18.7 Å². The van der Waals surface area contributed by atoms with Crippen LogP contribution in [0.2, 0.25) is 18.1 Å². The van der Waals surface area contributed by atoms with Crippen LogP contribution < -0.4 is 0 Å². The molecule has 1 aromatic carbocycles. The van der Waals surface area contributed by atoms with Crippen molar-refractivity contribution in [3.63, 3.8) is 0 Å². The summed E-state index contributed by atoms with van der Waals surface area (Å²) in [7, 11) is -5.74. The highest BCUT2D eigenvalue weighted by Crippen LogP contribution is 2.39. The highest BCUT2D eigenvalue weighted by atomic mass is 32.2. The van der Waals surface area contributed by atoms with Crippen molar-refractivity contribution in [2.45, 2.75) is 96.9 Å². The van der Waals surface area contributed by atoms with E-state index < -0.39 is 18.4 Å². The number of benzene rings is 1. The largest absolute Gasteiger partial charge is 0.414 e. The van der Waals surface area contributed by atoms with E-state index in [-0.39, 0.29) is 28.6 Å². The van der Waals surface area contributed by atoms with Gasteiger partial charge in [0.25, 0.3) is 10.1 Å². The molecule has 0 unspecified atom stereocenters. The molecule has 0 N–H and O–H groups in total. The van der Waals surface area contributed by atoms with Crippen LogP contribution in [0.25, 0.3) is 0 Å². The van der Waals surface area contributed by atoms with Crippen LogP contribution >= 0.6 is 0 Å². The van der Waals surface area contributed by atoms with E-state index in [0.717, 1.165) is 24.8 Å². The monoisotopic (exact) mass is 442 g/mol. The third kappa shape index (κ3) is 7.81. The molecule has 6 heteroatoms. The quantitative estimate of drug-likeness (QED) is 0.288. The number of hydrogen-bond donors (Lipinski definition) is 0. The molecular weight excluding hydrogens is 400 g/mol. The van der Waals surface area contributed by atoms with Crippen LogP contribution in [0.3, 0.4) is 0 Å². The summed E-state index contributed by atoms with van der Waals surface area (Å²) in [6, 6.07) is 6.81. The molecule has 1 aromatic rings. The van der Waals surface area contributed by atoms with Gasteiger partial charge in [-0.05, 0) is 55.9 Å². The second kappa shape index (κ2) is 10.6. The zero-order valence-corrected chi connectivity index (χ0v) is 21.7. The van der Waals surface area contributed by atoms with Gasteiger partial charge in [-0.15, -0.1) is 0 Å². The van der Waals surface area contributed by atoms with Gasteiger partial charge < -0.3 is 4.43 Å². The molecule has 0 spiro atoms. The molecule has 4 nitrogen and oxygen atoms in total. The smallest absolute Gasteiger partial charge is 0.296 e. The molecule has 0 saturated heterocycles. The van der Waals surface area contributed by atoms with Crippen LogP contribution in [0, 0.1) is 18.8 Å². The second-order valence-corrected chi connectivity index (χ2v) is 16.3. The molecule has 29 heavy (non-hydrogen) atoms. The number of rotatable bonds is 11. The Hall–Kier alpha value is -0.693. The molecule has 0 amide bonds. The Balaban J connectivity index is 3.03. The topological polar surface area (TPSA) is 52.6 Å². The van der Waals surface area contributed by atoms with E-state index >= 15 is 0 Å². The summed E-state index contributed by atoms with van der Waals surface area (Å²) in [5.74, 6) is 0.534. The van der Waals surface area contributed by atoms with E-state index in [9.17, 15) is 8.42 Å². The first kappa shape index (κ1) is 26.3. The summed E-state index contributed by atoms with van der Waals surface area (Å²) in [6.07, 6.45) is 2.80. The summed E-state index contributed by atoms with van der Waals surface area (Å²) in [5, 5.41) is 0.107. The zero-order chi connectivity index (χ0) is 22.5. The Morgan fingerprint density at radius 1 is 1.03 bits per heavy atom. The maximum Gasteiger partial charge on any atom is 0.296 e. The number of aryl methyl sites for hydroxylation is 1. The first-order valence-electron chi connectivity index (χ1n) is 10.9. The van der Waals surface area contributed by atoms with Gasteiger partial charge in [0.05, 0.1) is 11.5 Å². The van der Waals surface area contributed by atoms with Gasteiger partial charge in [-0.25, -0.2) is 0 Å². The van der Waals surface area contributed by atoms with Crippen molar-refractivity contribution in [1.29, 1.82) is 0 Å². The Kier molecular flexibility index (Phi) is 9.59. The van der Waals surface area contributed by atoms with Crippen molar-refractivity contribution < 1.29 is 17.0 Å². The van der Waals surface area contributed by atoms with Crippen molar-refractivity contribution in [3.05, 3.63) is 29.8 Å². The summed E-state index contributed by atoms with van der Waals surface area (Å²) in [4.78, 5) is 0.212. The molecular formula is C23H42O4SSi. The molecule has 0 aliphatic heterocycles. The Morgan fingerprint density at radius 3 is 2.03 bits per heavy atom. The van der Waals surface area contributed by atoms with Gasteiger partial charge in [0, 0.05) is 12.0 Å². The maximum absolute atomic E-state index is 12.7. The lowest BCUT2D eigenvalue weighted by Crippen LogP contribution is -2.46. The van der Waals surface area contributed by atoms with Crippen LogP contribution in [0.5, 0.6) is 0 Å². The van der Waals surface area contributed by atoms with Gasteiger partial charge in [-0.2, -0.15) is 8.42 Å². The molecule has 0 fully saturated rings. The fourth-order valence-corrected chi connectivity index (χ4v) is 5.46. The minimum Gasteiger partial charge on any atom is -0.414 e. The van der Waals surface area contributed by atoms with Crippen LogP contribution in [0.15, 0.2) is 29.2 Å². The van der Waals surface area contributed by atoms with Gasteiger partial charge >= 0.3 is 0 Å². The molecule has 168 valence electrons. The third-order valence-electron chi connectivity index (χ3n) is 6.33. The van der Waals surface area contributed by atoms with Gasteiger partial charge in [0.1, 0.15) is 0 Å². The molecule has 3 atom stereocenters. The van der Waals surface area contributed by atoms with Gasteiger partial charge in [0.15, 0.2) is 8.32 Å². The van der Waals surface area contributed by atoms with E-state index in [2.05, 4.69) is 54.6 Å². The minimum absolute atomic E-state index is 0.00175.